The average molecular weight is 419 g/mol. The van der Waals surface area contributed by atoms with Gasteiger partial charge in [-0.25, -0.2) is 0 Å². The fourth-order valence-corrected chi connectivity index (χ4v) is 5.07. The summed E-state index contributed by atoms with van der Waals surface area (Å²) < 4.78 is 0. The van der Waals surface area contributed by atoms with E-state index in [-0.39, 0.29) is 11.8 Å². The third-order valence-electron chi connectivity index (χ3n) is 5.81. The molecule has 2 aromatic carbocycles. The van der Waals surface area contributed by atoms with E-state index in [1.807, 2.05) is 60.4 Å². The minimum atomic E-state index is -0.617. The minimum Gasteiger partial charge on any atom is -0.356 e. The van der Waals surface area contributed by atoms with Gasteiger partial charge in [0.1, 0.15) is 0 Å². The van der Waals surface area contributed by atoms with Gasteiger partial charge in [-0.1, -0.05) is 48.5 Å². The normalized spacial score (nSPS) is 18.4. The molecule has 1 aliphatic rings. The molecule has 4 rings (SSSR count). The highest BCUT2D eigenvalue weighted by atomic mass is 32.1. The maximum atomic E-state index is 13.2. The lowest BCUT2D eigenvalue weighted by Gasteiger charge is -2.29. The van der Waals surface area contributed by atoms with Crippen LogP contribution in [0.15, 0.2) is 72.1 Å². The molecule has 1 fully saturated rings. The topological polar surface area (TPSA) is 49.4 Å². The van der Waals surface area contributed by atoms with Crippen molar-refractivity contribution in [2.45, 2.75) is 19.8 Å². The molecule has 1 N–H and O–H groups in total. The predicted molar refractivity (Wildman–Crippen MR) is 122 cm³/mol. The van der Waals surface area contributed by atoms with E-state index in [2.05, 4.69) is 28.9 Å². The van der Waals surface area contributed by atoms with Gasteiger partial charge in [0, 0.05) is 30.1 Å². The summed E-state index contributed by atoms with van der Waals surface area (Å²) in [4.78, 5) is 29.3. The Morgan fingerprint density at radius 3 is 2.53 bits per heavy atom. The molecule has 5 heteroatoms. The second-order valence-corrected chi connectivity index (χ2v) is 8.74. The lowest BCUT2D eigenvalue weighted by molar-refractivity contribution is -0.130. The number of benzene rings is 2. The summed E-state index contributed by atoms with van der Waals surface area (Å²) in [6.07, 6.45) is 1.28. The van der Waals surface area contributed by atoms with E-state index >= 15 is 0 Å². The summed E-state index contributed by atoms with van der Waals surface area (Å²) in [6.45, 7) is 3.55. The highest BCUT2D eigenvalue weighted by Gasteiger charge is 2.46. The van der Waals surface area contributed by atoms with Gasteiger partial charge in [0.05, 0.1) is 5.41 Å². The number of rotatable bonds is 6. The molecule has 1 aliphatic heterocycles. The average Bonchev–Trinajstić information content (AvgIpc) is 3.46. The third kappa shape index (κ3) is 4.03. The van der Waals surface area contributed by atoms with Crippen molar-refractivity contribution >= 4 is 23.2 Å². The van der Waals surface area contributed by atoms with Crippen LogP contribution in [0, 0.1) is 5.41 Å². The lowest BCUT2D eigenvalue weighted by Crippen LogP contribution is -2.45. The van der Waals surface area contributed by atoms with Gasteiger partial charge in [0.15, 0.2) is 0 Å². The van der Waals surface area contributed by atoms with E-state index in [1.54, 1.807) is 11.3 Å². The fraction of sp³-hybridized carbons (Fsp3) is 0.280. The number of nitrogens with zero attached hydrogens (tertiary/aromatic N) is 1. The summed E-state index contributed by atoms with van der Waals surface area (Å²) in [5.74, 6) is 0.0302. The van der Waals surface area contributed by atoms with Crippen molar-refractivity contribution in [2.24, 2.45) is 5.41 Å². The maximum absolute atomic E-state index is 13.2. The van der Waals surface area contributed by atoms with Gasteiger partial charge in [-0.15, -0.1) is 11.3 Å². The standard InChI is InChI=1S/C25H26N2O2S/c1-2-26-24(29)25(14-15-27(18-25)23(28)19-9-4-3-5-10-19)17-20-11-6-7-12-21(20)22-13-8-16-30-22/h3-13,16H,2,14-15,17-18H2,1H3,(H,26,29)/t25-/m1/s1. The van der Waals surface area contributed by atoms with Gasteiger partial charge in [0.2, 0.25) is 5.91 Å². The molecular formula is C25H26N2O2S. The van der Waals surface area contributed by atoms with Gasteiger partial charge in [-0.3, -0.25) is 9.59 Å². The van der Waals surface area contributed by atoms with Crippen LogP contribution < -0.4 is 5.32 Å². The zero-order chi connectivity index (χ0) is 21.0. The molecule has 1 atom stereocenters. The van der Waals surface area contributed by atoms with Crippen LogP contribution in [-0.2, 0) is 11.2 Å². The van der Waals surface area contributed by atoms with Crippen molar-refractivity contribution in [3.8, 4) is 10.4 Å². The highest BCUT2D eigenvalue weighted by molar-refractivity contribution is 7.13. The van der Waals surface area contributed by atoms with E-state index in [1.165, 1.54) is 10.4 Å². The first-order valence-electron chi connectivity index (χ1n) is 10.4. The number of carbonyl (C=O) groups is 2. The van der Waals surface area contributed by atoms with E-state index in [0.29, 0.717) is 38.0 Å². The molecule has 3 aromatic rings. The minimum absolute atomic E-state index is 0.00619. The second-order valence-electron chi connectivity index (χ2n) is 7.79. The molecule has 2 amide bonds. The number of likely N-dealkylation sites (tertiary alicyclic amines) is 1. The zero-order valence-corrected chi connectivity index (χ0v) is 18.0. The summed E-state index contributed by atoms with van der Waals surface area (Å²) >= 11 is 1.70. The summed E-state index contributed by atoms with van der Waals surface area (Å²) in [6, 6.07) is 21.8. The molecule has 4 nitrogen and oxygen atoms in total. The number of nitrogens with one attached hydrogen (secondary N) is 1. The molecule has 1 aromatic heterocycles. The number of hydrogen-bond donors (Lipinski definition) is 1. The smallest absolute Gasteiger partial charge is 0.253 e. The molecule has 0 aliphatic carbocycles. The zero-order valence-electron chi connectivity index (χ0n) is 17.1. The first-order valence-corrected chi connectivity index (χ1v) is 11.3. The Morgan fingerprint density at radius 1 is 1.03 bits per heavy atom. The molecule has 0 bridgehead atoms. The van der Waals surface area contributed by atoms with Gasteiger partial charge >= 0.3 is 0 Å². The molecule has 30 heavy (non-hydrogen) atoms. The Kier molecular flexibility index (Phi) is 6.00. The number of thiophene rings is 1. The lowest BCUT2D eigenvalue weighted by atomic mass is 9.78. The van der Waals surface area contributed by atoms with E-state index in [9.17, 15) is 9.59 Å². The van der Waals surface area contributed by atoms with Crippen LogP contribution in [0.3, 0.4) is 0 Å². The number of amides is 2. The van der Waals surface area contributed by atoms with Crippen molar-refractivity contribution in [1.82, 2.24) is 10.2 Å². The summed E-state index contributed by atoms with van der Waals surface area (Å²) in [5, 5.41) is 5.10. The molecule has 0 unspecified atom stereocenters. The first-order chi connectivity index (χ1) is 14.6. The van der Waals surface area contributed by atoms with E-state index in [4.69, 9.17) is 0 Å². The van der Waals surface area contributed by atoms with Gasteiger partial charge in [-0.05, 0) is 54.5 Å². The Bertz CT molecular complexity index is 1020. The van der Waals surface area contributed by atoms with Crippen LogP contribution in [0.2, 0.25) is 0 Å². The molecule has 2 heterocycles. The van der Waals surface area contributed by atoms with Gasteiger partial charge < -0.3 is 10.2 Å². The van der Waals surface area contributed by atoms with Crippen molar-refractivity contribution in [2.75, 3.05) is 19.6 Å². The van der Waals surface area contributed by atoms with Crippen molar-refractivity contribution in [1.29, 1.82) is 0 Å². The second kappa shape index (κ2) is 8.84. The number of carbonyl (C=O) groups excluding carboxylic acids is 2. The van der Waals surface area contributed by atoms with E-state index in [0.717, 1.165) is 5.56 Å². The third-order valence-corrected chi connectivity index (χ3v) is 6.72. The maximum Gasteiger partial charge on any atom is 0.253 e. The molecule has 0 saturated carbocycles. The van der Waals surface area contributed by atoms with Crippen molar-refractivity contribution in [3.05, 3.63) is 83.2 Å². The Balaban J connectivity index is 1.64. The van der Waals surface area contributed by atoms with Crippen LogP contribution in [0.1, 0.15) is 29.3 Å². The Morgan fingerprint density at radius 2 is 1.80 bits per heavy atom. The van der Waals surface area contributed by atoms with Crippen LogP contribution in [0.4, 0.5) is 0 Å². The summed E-state index contributed by atoms with van der Waals surface area (Å²) in [7, 11) is 0. The molecule has 1 saturated heterocycles. The Hall–Kier alpha value is -2.92. The molecule has 0 spiro atoms. The fourth-order valence-electron chi connectivity index (χ4n) is 4.28. The molecule has 154 valence electrons. The SMILES string of the molecule is CCNC(=O)[C@@]1(Cc2ccccc2-c2cccs2)CCN(C(=O)c2ccccc2)C1. The summed E-state index contributed by atoms with van der Waals surface area (Å²) in [5.41, 5.74) is 2.38. The molecular weight excluding hydrogens is 392 g/mol. The van der Waals surface area contributed by atoms with Crippen molar-refractivity contribution in [3.63, 3.8) is 0 Å². The molecule has 0 radical (unpaired) electrons. The number of hydrogen-bond acceptors (Lipinski definition) is 3. The van der Waals surface area contributed by atoms with Crippen LogP contribution in [0.5, 0.6) is 0 Å². The largest absolute Gasteiger partial charge is 0.356 e. The van der Waals surface area contributed by atoms with Gasteiger partial charge in [-0.2, -0.15) is 0 Å². The van der Waals surface area contributed by atoms with Crippen LogP contribution in [0.25, 0.3) is 10.4 Å². The van der Waals surface area contributed by atoms with Crippen LogP contribution >= 0.6 is 11.3 Å². The van der Waals surface area contributed by atoms with Gasteiger partial charge in [0.25, 0.3) is 5.91 Å². The monoisotopic (exact) mass is 418 g/mol. The predicted octanol–water partition coefficient (Wildman–Crippen LogP) is 4.63. The van der Waals surface area contributed by atoms with E-state index < -0.39 is 5.41 Å². The van der Waals surface area contributed by atoms with Crippen LogP contribution in [-0.4, -0.2) is 36.3 Å². The first kappa shape index (κ1) is 20.4. The highest BCUT2D eigenvalue weighted by Crippen LogP contribution is 2.38. The van der Waals surface area contributed by atoms with Crippen molar-refractivity contribution < 1.29 is 9.59 Å². The Labute approximate surface area is 181 Å². The quantitative estimate of drug-likeness (QED) is 0.635.